The molecule has 3 N–H and O–H groups in total. The van der Waals surface area contributed by atoms with Crippen LogP contribution in [0.4, 0.5) is 26.7 Å². The van der Waals surface area contributed by atoms with Crippen LogP contribution in [0.3, 0.4) is 0 Å². The van der Waals surface area contributed by atoms with Gasteiger partial charge in [-0.2, -0.15) is 13.2 Å². The lowest BCUT2D eigenvalue weighted by atomic mass is 10.0. The van der Waals surface area contributed by atoms with E-state index in [0.29, 0.717) is 0 Å². The Balaban J connectivity index is 1.94. The molecule has 13 heteroatoms. The summed E-state index contributed by atoms with van der Waals surface area (Å²) in [5.41, 5.74) is 0.102. The van der Waals surface area contributed by atoms with Gasteiger partial charge in [0.15, 0.2) is 12.4 Å². The quantitative estimate of drug-likeness (QED) is 0.573. The van der Waals surface area contributed by atoms with Crippen LogP contribution in [-0.2, 0) is 4.79 Å². The third-order valence-electron chi connectivity index (χ3n) is 4.16. The number of hydrogen-bond acceptors (Lipinski definition) is 4. The Hall–Kier alpha value is -3.15. The number of carbonyl (C=O) groups excluding carboxylic acids is 2. The first kappa shape index (κ1) is 22.5. The van der Waals surface area contributed by atoms with Gasteiger partial charge in [-0.05, 0) is 29.8 Å². The molecule has 0 radical (unpaired) electrons. The van der Waals surface area contributed by atoms with Crippen LogP contribution in [0.2, 0.25) is 5.02 Å². The summed E-state index contributed by atoms with van der Waals surface area (Å²) in [7, 11) is 0. The SMILES string of the molecule is O=C1NC[C@@H](C(=O)N[C@@H](c2ccc(F)c(Cl)c2)c2ccc(F)c(OCC(F)(F)F)n2)N1. The van der Waals surface area contributed by atoms with Gasteiger partial charge in [0.1, 0.15) is 11.9 Å². The van der Waals surface area contributed by atoms with Crippen molar-refractivity contribution in [3.05, 3.63) is 58.2 Å². The minimum absolute atomic E-state index is 0.0155. The highest BCUT2D eigenvalue weighted by atomic mass is 35.5. The van der Waals surface area contributed by atoms with E-state index in [2.05, 4.69) is 25.7 Å². The van der Waals surface area contributed by atoms with Crippen LogP contribution in [0.15, 0.2) is 30.3 Å². The van der Waals surface area contributed by atoms with Crippen LogP contribution < -0.4 is 20.7 Å². The number of nitrogens with zero attached hydrogens (tertiary/aromatic N) is 1. The van der Waals surface area contributed by atoms with Gasteiger partial charge in [0, 0.05) is 6.54 Å². The fourth-order valence-electron chi connectivity index (χ4n) is 2.73. The molecule has 2 atom stereocenters. The molecule has 1 aromatic carbocycles. The van der Waals surface area contributed by atoms with Crippen molar-refractivity contribution in [1.82, 2.24) is 20.9 Å². The Morgan fingerprint density at radius 1 is 1.26 bits per heavy atom. The van der Waals surface area contributed by atoms with Gasteiger partial charge in [0.2, 0.25) is 5.91 Å². The lowest BCUT2D eigenvalue weighted by molar-refractivity contribution is -0.154. The fourth-order valence-corrected chi connectivity index (χ4v) is 2.92. The van der Waals surface area contributed by atoms with Crippen LogP contribution in [0.5, 0.6) is 5.88 Å². The summed E-state index contributed by atoms with van der Waals surface area (Å²) in [5, 5.41) is 7.01. The van der Waals surface area contributed by atoms with E-state index in [9.17, 15) is 31.5 Å². The molecule has 7 nitrogen and oxygen atoms in total. The van der Waals surface area contributed by atoms with Gasteiger partial charge in [-0.3, -0.25) is 4.79 Å². The van der Waals surface area contributed by atoms with Crippen molar-refractivity contribution in [1.29, 1.82) is 0 Å². The molecule has 1 saturated heterocycles. The van der Waals surface area contributed by atoms with Crippen molar-refractivity contribution in [2.24, 2.45) is 0 Å². The lowest BCUT2D eigenvalue weighted by Gasteiger charge is -2.22. The molecule has 0 bridgehead atoms. The smallest absolute Gasteiger partial charge is 0.422 e. The first-order valence-corrected chi connectivity index (χ1v) is 9.07. The zero-order valence-corrected chi connectivity index (χ0v) is 16.2. The maximum atomic E-state index is 13.9. The second kappa shape index (κ2) is 8.92. The summed E-state index contributed by atoms with van der Waals surface area (Å²) < 4.78 is 69.2. The molecule has 3 rings (SSSR count). The van der Waals surface area contributed by atoms with Crippen LogP contribution in [-0.4, -0.2) is 42.3 Å². The molecule has 1 fully saturated rings. The summed E-state index contributed by atoms with van der Waals surface area (Å²) >= 11 is 5.80. The Bertz CT molecular complexity index is 1000. The van der Waals surface area contributed by atoms with Crippen LogP contribution in [0.1, 0.15) is 17.3 Å². The number of carbonyl (C=O) groups is 2. The normalized spacial score (nSPS) is 17.0. The third kappa shape index (κ3) is 5.72. The maximum absolute atomic E-state index is 13.9. The molecular formula is C18H14ClF5N4O3. The first-order valence-electron chi connectivity index (χ1n) is 8.69. The van der Waals surface area contributed by atoms with E-state index in [0.717, 1.165) is 18.2 Å². The number of pyridine rings is 1. The van der Waals surface area contributed by atoms with Crippen molar-refractivity contribution in [3.63, 3.8) is 0 Å². The molecule has 0 unspecified atom stereocenters. The van der Waals surface area contributed by atoms with Gasteiger partial charge in [-0.1, -0.05) is 17.7 Å². The average molecular weight is 465 g/mol. The summed E-state index contributed by atoms with van der Waals surface area (Å²) in [6, 6.07) is 2.70. The molecule has 166 valence electrons. The number of nitrogens with one attached hydrogen (secondary N) is 3. The number of benzene rings is 1. The molecule has 2 heterocycles. The molecule has 1 aliphatic heterocycles. The van der Waals surface area contributed by atoms with E-state index in [-0.39, 0.29) is 22.8 Å². The Morgan fingerprint density at radius 3 is 2.58 bits per heavy atom. The number of urea groups is 1. The average Bonchev–Trinajstić information content (AvgIpc) is 3.13. The lowest BCUT2D eigenvalue weighted by Crippen LogP contribution is -2.44. The molecule has 1 aliphatic rings. The summed E-state index contributed by atoms with van der Waals surface area (Å²) in [6.45, 7) is -1.79. The number of amides is 3. The highest BCUT2D eigenvalue weighted by Gasteiger charge is 2.31. The molecule has 0 aliphatic carbocycles. The second-order valence-corrected chi connectivity index (χ2v) is 6.86. The topological polar surface area (TPSA) is 92.4 Å². The monoisotopic (exact) mass is 464 g/mol. The van der Waals surface area contributed by atoms with Crippen molar-refractivity contribution < 1.29 is 36.3 Å². The number of aromatic nitrogens is 1. The zero-order valence-electron chi connectivity index (χ0n) is 15.4. The van der Waals surface area contributed by atoms with Crippen molar-refractivity contribution >= 4 is 23.5 Å². The molecule has 31 heavy (non-hydrogen) atoms. The Kier molecular flexibility index (Phi) is 6.48. The largest absolute Gasteiger partial charge is 0.466 e. The zero-order chi connectivity index (χ0) is 22.8. The Morgan fingerprint density at radius 2 is 1.97 bits per heavy atom. The molecular weight excluding hydrogens is 451 g/mol. The number of alkyl halides is 3. The standard InChI is InChI=1S/C18H14ClF5N4O3/c19-9-5-8(1-2-10(9)20)14(28-15(29)13-6-25-17(30)27-13)12-4-3-11(21)16(26-12)31-7-18(22,23)24/h1-5,13-14H,6-7H2,(H,28,29)(H2,25,27,30)/t13-,14-/m0/s1. The number of halogens is 6. The molecule has 3 amide bonds. The van der Waals surface area contributed by atoms with Crippen molar-refractivity contribution in [2.75, 3.05) is 13.2 Å². The minimum Gasteiger partial charge on any atom is -0.466 e. The van der Waals surface area contributed by atoms with Gasteiger partial charge in [-0.15, -0.1) is 0 Å². The summed E-state index contributed by atoms with van der Waals surface area (Å²) in [6.07, 6.45) is -4.73. The predicted octanol–water partition coefficient (Wildman–Crippen LogP) is 2.84. The number of hydrogen-bond donors (Lipinski definition) is 3. The van der Waals surface area contributed by atoms with Gasteiger partial charge >= 0.3 is 12.2 Å². The van der Waals surface area contributed by atoms with Crippen LogP contribution in [0, 0.1) is 11.6 Å². The van der Waals surface area contributed by atoms with Crippen LogP contribution in [0.25, 0.3) is 0 Å². The first-order chi connectivity index (χ1) is 14.5. The van der Waals surface area contributed by atoms with E-state index in [1.165, 1.54) is 12.1 Å². The van der Waals surface area contributed by atoms with Gasteiger partial charge in [0.05, 0.1) is 16.8 Å². The van der Waals surface area contributed by atoms with E-state index in [1.54, 1.807) is 0 Å². The fraction of sp³-hybridized carbons (Fsp3) is 0.278. The van der Waals surface area contributed by atoms with E-state index < -0.39 is 54.3 Å². The second-order valence-electron chi connectivity index (χ2n) is 6.45. The van der Waals surface area contributed by atoms with E-state index in [1.807, 2.05) is 0 Å². The predicted molar refractivity (Wildman–Crippen MR) is 97.5 cm³/mol. The van der Waals surface area contributed by atoms with Crippen LogP contribution >= 0.6 is 11.6 Å². The highest BCUT2D eigenvalue weighted by molar-refractivity contribution is 6.30. The summed E-state index contributed by atoms with van der Waals surface area (Å²) in [5.74, 6) is -3.50. The number of rotatable bonds is 6. The van der Waals surface area contributed by atoms with Gasteiger partial charge < -0.3 is 20.7 Å². The van der Waals surface area contributed by atoms with Crippen molar-refractivity contribution in [2.45, 2.75) is 18.3 Å². The number of ether oxygens (including phenoxy) is 1. The van der Waals surface area contributed by atoms with Gasteiger partial charge in [0.25, 0.3) is 5.88 Å². The molecule has 1 aromatic heterocycles. The molecule has 0 saturated carbocycles. The van der Waals surface area contributed by atoms with E-state index in [4.69, 9.17) is 11.6 Å². The third-order valence-corrected chi connectivity index (χ3v) is 4.45. The molecule has 2 aromatic rings. The van der Waals surface area contributed by atoms with Crippen molar-refractivity contribution in [3.8, 4) is 5.88 Å². The highest BCUT2D eigenvalue weighted by Crippen LogP contribution is 2.28. The van der Waals surface area contributed by atoms with E-state index >= 15 is 0 Å². The maximum Gasteiger partial charge on any atom is 0.422 e. The minimum atomic E-state index is -4.73. The van der Waals surface area contributed by atoms with Gasteiger partial charge in [-0.25, -0.2) is 18.6 Å². The Labute approximate surface area is 176 Å². The molecule has 0 spiro atoms. The summed E-state index contributed by atoms with van der Waals surface area (Å²) in [4.78, 5) is 27.6.